The van der Waals surface area contributed by atoms with Crippen LogP contribution in [-0.2, 0) is 17.6 Å². The Kier molecular flexibility index (Phi) is 6.42. The summed E-state index contributed by atoms with van der Waals surface area (Å²) in [6.45, 7) is 3.28. The molecule has 1 aliphatic heterocycles. The molecule has 2 heterocycles. The number of methoxy groups -OCH3 is 1. The first-order chi connectivity index (χ1) is 14.5. The Balaban J connectivity index is 1.64. The molecule has 156 valence electrons. The summed E-state index contributed by atoms with van der Waals surface area (Å²) < 4.78 is 5.47. The second-order valence-corrected chi connectivity index (χ2v) is 8.25. The Bertz CT molecular complexity index is 1030. The summed E-state index contributed by atoms with van der Waals surface area (Å²) in [5.41, 5.74) is 3.26. The van der Waals surface area contributed by atoms with Crippen LogP contribution in [0.25, 0.3) is 0 Å². The molecule has 1 N–H and O–H groups in total. The van der Waals surface area contributed by atoms with Crippen LogP contribution in [0.4, 0.5) is 17.3 Å². The Morgan fingerprint density at radius 1 is 1.13 bits per heavy atom. The number of hydrogen-bond acceptors (Lipinski definition) is 5. The molecule has 3 aromatic rings. The summed E-state index contributed by atoms with van der Waals surface area (Å²) in [6.07, 6.45) is 1.68. The zero-order valence-corrected chi connectivity index (χ0v) is 18.5. The van der Waals surface area contributed by atoms with Crippen LogP contribution >= 0.6 is 23.2 Å². The van der Waals surface area contributed by atoms with Crippen LogP contribution in [0, 0.1) is 6.92 Å². The lowest BCUT2D eigenvalue weighted by atomic mass is 10.1. The monoisotopic (exact) mass is 442 g/mol. The van der Waals surface area contributed by atoms with Crippen LogP contribution in [0.2, 0.25) is 10.0 Å². The highest BCUT2D eigenvalue weighted by Gasteiger charge is 2.28. The van der Waals surface area contributed by atoms with Gasteiger partial charge in [-0.3, -0.25) is 0 Å². The zero-order valence-electron chi connectivity index (χ0n) is 17.0. The largest absolute Gasteiger partial charge is 0.383 e. The number of hydrogen-bond donors (Lipinski definition) is 1. The molecule has 7 heteroatoms. The third-order valence-corrected chi connectivity index (χ3v) is 5.71. The minimum atomic E-state index is 0.101. The number of ether oxygens (including phenoxy) is 1. The van der Waals surface area contributed by atoms with Gasteiger partial charge in [-0.05, 0) is 43.5 Å². The number of rotatable bonds is 7. The van der Waals surface area contributed by atoms with Crippen molar-refractivity contribution in [1.29, 1.82) is 0 Å². The first kappa shape index (κ1) is 20.9. The van der Waals surface area contributed by atoms with Gasteiger partial charge in [-0.25, -0.2) is 9.97 Å². The second kappa shape index (κ2) is 9.21. The highest BCUT2D eigenvalue weighted by atomic mass is 35.5. The summed E-state index contributed by atoms with van der Waals surface area (Å²) in [6, 6.07) is 16.0. The maximum absolute atomic E-state index is 6.47. The summed E-state index contributed by atoms with van der Waals surface area (Å²) in [5, 5.41) is 4.84. The zero-order chi connectivity index (χ0) is 21.1. The Labute approximate surface area is 187 Å². The lowest BCUT2D eigenvalue weighted by Crippen LogP contribution is -2.28. The van der Waals surface area contributed by atoms with Gasteiger partial charge in [0, 0.05) is 24.2 Å². The van der Waals surface area contributed by atoms with E-state index in [0.717, 1.165) is 42.3 Å². The normalized spacial score (nSPS) is 13.9. The van der Waals surface area contributed by atoms with Crippen molar-refractivity contribution in [3.05, 3.63) is 75.5 Å². The van der Waals surface area contributed by atoms with E-state index in [-0.39, 0.29) is 6.04 Å². The van der Waals surface area contributed by atoms with Gasteiger partial charge >= 0.3 is 0 Å². The first-order valence-corrected chi connectivity index (χ1v) is 10.7. The number of benzene rings is 2. The molecular formula is C23H24Cl2N4O. The Hall–Kier alpha value is -2.34. The van der Waals surface area contributed by atoms with Crippen LogP contribution in [0.5, 0.6) is 0 Å². The fourth-order valence-electron chi connectivity index (χ4n) is 3.86. The van der Waals surface area contributed by atoms with E-state index in [0.29, 0.717) is 22.5 Å². The van der Waals surface area contributed by atoms with Crippen molar-refractivity contribution in [2.24, 2.45) is 0 Å². The fraction of sp³-hybridized carbons (Fsp3) is 0.304. The number of nitrogens with zero attached hydrogens (tertiary/aromatic N) is 3. The van der Waals surface area contributed by atoms with E-state index in [1.165, 1.54) is 5.56 Å². The number of aryl methyl sites for hydroxylation is 1. The van der Waals surface area contributed by atoms with Crippen molar-refractivity contribution in [3.8, 4) is 0 Å². The molecule has 2 aromatic carbocycles. The SMILES string of the molecule is COCC(Cc1ccccc1)Nc1nc(C)nc2c1CCN2c1ccc(Cl)cc1Cl. The van der Waals surface area contributed by atoms with Gasteiger partial charge in [-0.1, -0.05) is 53.5 Å². The van der Waals surface area contributed by atoms with Gasteiger partial charge in [0.1, 0.15) is 17.5 Å². The number of anilines is 3. The van der Waals surface area contributed by atoms with Crippen LogP contribution in [0.3, 0.4) is 0 Å². The van der Waals surface area contributed by atoms with Gasteiger partial charge in [0.2, 0.25) is 0 Å². The molecule has 0 aliphatic carbocycles. The summed E-state index contributed by atoms with van der Waals surface area (Å²) >= 11 is 12.5. The van der Waals surface area contributed by atoms with Crippen molar-refractivity contribution in [3.63, 3.8) is 0 Å². The van der Waals surface area contributed by atoms with Gasteiger partial charge < -0.3 is 15.0 Å². The van der Waals surface area contributed by atoms with E-state index < -0.39 is 0 Å². The van der Waals surface area contributed by atoms with Gasteiger partial charge in [-0.2, -0.15) is 0 Å². The van der Waals surface area contributed by atoms with E-state index in [1.807, 2.05) is 25.1 Å². The second-order valence-electron chi connectivity index (χ2n) is 7.41. The topological polar surface area (TPSA) is 50.3 Å². The highest BCUT2D eigenvalue weighted by Crippen LogP contribution is 2.40. The van der Waals surface area contributed by atoms with Crippen molar-refractivity contribution in [1.82, 2.24) is 9.97 Å². The molecule has 1 aliphatic rings. The summed E-state index contributed by atoms with van der Waals surface area (Å²) in [5.74, 6) is 2.47. The predicted molar refractivity (Wildman–Crippen MR) is 123 cm³/mol. The summed E-state index contributed by atoms with van der Waals surface area (Å²) in [7, 11) is 1.72. The van der Waals surface area contributed by atoms with Gasteiger partial charge in [-0.15, -0.1) is 0 Å². The van der Waals surface area contributed by atoms with Crippen LogP contribution < -0.4 is 10.2 Å². The quantitative estimate of drug-likeness (QED) is 0.526. The first-order valence-electron chi connectivity index (χ1n) is 9.94. The third kappa shape index (κ3) is 4.53. The molecule has 4 rings (SSSR count). The average Bonchev–Trinajstić information content (AvgIpc) is 3.12. The molecule has 1 atom stereocenters. The Morgan fingerprint density at radius 3 is 2.67 bits per heavy atom. The summed E-state index contributed by atoms with van der Waals surface area (Å²) in [4.78, 5) is 11.6. The van der Waals surface area contributed by atoms with Crippen molar-refractivity contribution >= 4 is 40.5 Å². The standard InChI is InChI=1S/C23H24Cl2N4O/c1-15-26-22(28-18(14-30-2)12-16-6-4-3-5-7-16)19-10-11-29(23(19)27-15)21-9-8-17(24)13-20(21)25/h3-9,13,18H,10-12,14H2,1-2H3,(H,26,27,28). The molecule has 0 radical (unpaired) electrons. The van der Waals surface area contributed by atoms with Crippen molar-refractivity contribution in [2.45, 2.75) is 25.8 Å². The highest BCUT2D eigenvalue weighted by molar-refractivity contribution is 6.36. The van der Waals surface area contributed by atoms with E-state index in [4.69, 9.17) is 37.9 Å². The maximum atomic E-state index is 6.47. The minimum absolute atomic E-state index is 0.101. The van der Waals surface area contributed by atoms with E-state index >= 15 is 0 Å². The van der Waals surface area contributed by atoms with E-state index in [9.17, 15) is 0 Å². The molecule has 0 saturated heterocycles. The predicted octanol–water partition coefficient (Wildman–Crippen LogP) is 5.46. The molecule has 0 amide bonds. The van der Waals surface area contributed by atoms with Crippen LogP contribution in [0.1, 0.15) is 17.0 Å². The number of nitrogens with one attached hydrogen (secondary N) is 1. The molecule has 30 heavy (non-hydrogen) atoms. The van der Waals surface area contributed by atoms with Crippen molar-refractivity contribution in [2.75, 3.05) is 30.5 Å². The lowest BCUT2D eigenvalue weighted by Gasteiger charge is -2.22. The van der Waals surface area contributed by atoms with E-state index in [1.54, 1.807) is 13.2 Å². The Morgan fingerprint density at radius 2 is 1.93 bits per heavy atom. The number of halogens is 2. The maximum Gasteiger partial charge on any atom is 0.142 e. The van der Waals surface area contributed by atoms with Gasteiger partial charge in [0.15, 0.2) is 0 Å². The van der Waals surface area contributed by atoms with Crippen LogP contribution in [-0.4, -0.2) is 36.3 Å². The molecule has 0 bridgehead atoms. The molecule has 5 nitrogen and oxygen atoms in total. The van der Waals surface area contributed by atoms with Gasteiger partial charge in [0.05, 0.1) is 23.4 Å². The third-order valence-electron chi connectivity index (χ3n) is 5.17. The molecule has 1 unspecified atom stereocenters. The smallest absolute Gasteiger partial charge is 0.142 e. The number of fused-ring (bicyclic) bond motifs is 1. The average molecular weight is 443 g/mol. The number of aromatic nitrogens is 2. The fourth-order valence-corrected chi connectivity index (χ4v) is 4.37. The van der Waals surface area contributed by atoms with Crippen LogP contribution in [0.15, 0.2) is 48.5 Å². The van der Waals surface area contributed by atoms with Crippen molar-refractivity contribution < 1.29 is 4.74 Å². The molecular weight excluding hydrogens is 419 g/mol. The molecule has 0 spiro atoms. The lowest BCUT2D eigenvalue weighted by molar-refractivity contribution is 0.185. The molecule has 1 aromatic heterocycles. The molecule has 0 saturated carbocycles. The van der Waals surface area contributed by atoms with E-state index in [2.05, 4.69) is 34.5 Å². The minimum Gasteiger partial charge on any atom is -0.383 e. The van der Waals surface area contributed by atoms with Gasteiger partial charge in [0.25, 0.3) is 0 Å². The molecule has 0 fully saturated rings.